The Kier molecular flexibility index (Phi) is 9.84. The molecule has 0 fully saturated rings. The van der Waals surface area contributed by atoms with E-state index in [0.29, 0.717) is 42.7 Å². The lowest BCUT2D eigenvalue weighted by Gasteiger charge is -2.12. The summed E-state index contributed by atoms with van der Waals surface area (Å²) in [6.07, 6.45) is 0.552. The average molecular weight is 481 g/mol. The van der Waals surface area contributed by atoms with Gasteiger partial charge in [-0.05, 0) is 19.9 Å². The van der Waals surface area contributed by atoms with Gasteiger partial charge < -0.3 is 19.9 Å². The molecule has 144 valence electrons. The number of hydrogen-bond acceptors (Lipinski definition) is 5. The van der Waals surface area contributed by atoms with Crippen molar-refractivity contribution in [2.45, 2.75) is 33.4 Å². The molecule has 1 aromatic carbocycles. The lowest BCUT2D eigenvalue weighted by molar-refractivity contribution is -0.0504. The Bertz CT molecular complexity index is 697. The van der Waals surface area contributed by atoms with Crippen molar-refractivity contribution < 1.29 is 18.0 Å². The van der Waals surface area contributed by atoms with Crippen LogP contribution in [-0.4, -0.2) is 35.8 Å². The number of aromatic nitrogens is 2. The van der Waals surface area contributed by atoms with Crippen LogP contribution in [0.1, 0.15) is 24.2 Å². The van der Waals surface area contributed by atoms with Crippen LogP contribution in [0.4, 0.5) is 8.78 Å². The Hall–Kier alpha value is -1.98. The summed E-state index contributed by atoms with van der Waals surface area (Å²) in [5, 5.41) is 9.94. The van der Waals surface area contributed by atoms with E-state index in [0.717, 1.165) is 0 Å². The van der Waals surface area contributed by atoms with Gasteiger partial charge in [-0.3, -0.25) is 0 Å². The van der Waals surface area contributed by atoms with Crippen LogP contribution >= 0.6 is 24.0 Å². The number of aryl methyl sites for hydroxylation is 1. The first-order chi connectivity index (χ1) is 12.1. The monoisotopic (exact) mass is 481 g/mol. The van der Waals surface area contributed by atoms with Gasteiger partial charge in [0.2, 0.25) is 5.89 Å². The SMILES string of the molecule is CCNC(=NCc1ccccc1OC(F)F)NCCc1nc(C)no1.I. The van der Waals surface area contributed by atoms with Crippen LogP contribution in [0.3, 0.4) is 0 Å². The molecule has 0 unspecified atom stereocenters. The van der Waals surface area contributed by atoms with E-state index in [1.165, 1.54) is 6.07 Å². The van der Waals surface area contributed by atoms with E-state index < -0.39 is 6.61 Å². The summed E-state index contributed by atoms with van der Waals surface area (Å²) in [6, 6.07) is 6.59. The van der Waals surface area contributed by atoms with Gasteiger partial charge in [0.25, 0.3) is 0 Å². The molecule has 0 aliphatic heterocycles. The van der Waals surface area contributed by atoms with Gasteiger partial charge >= 0.3 is 6.61 Å². The van der Waals surface area contributed by atoms with Crippen molar-refractivity contribution in [2.24, 2.45) is 4.99 Å². The lowest BCUT2D eigenvalue weighted by atomic mass is 10.2. The van der Waals surface area contributed by atoms with E-state index in [9.17, 15) is 8.78 Å². The number of para-hydroxylation sites is 1. The zero-order valence-corrected chi connectivity index (χ0v) is 16.9. The molecule has 1 heterocycles. The number of nitrogens with one attached hydrogen (secondary N) is 2. The van der Waals surface area contributed by atoms with Gasteiger partial charge in [-0.1, -0.05) is 23.4 Å². The van der Waals surface area contributed by atoms with Gasteiger partial charge in [-0.15, -0.1) is 24.0 Å². The molecule has 7 nitrogen and oxygen atoms in total. The van der Waals surface area contributed by atoms with Crippen molar-refractivity contribution in [1.82, 2.24) is 20.8 Å². The second-order valence-corrected chi connectivity index (χ2v) is 5.09. The van der Waals surface area contributed by atoms with Crippen molar-refractivity contribution in [1.29, 1.82) is 0 Å². The number of alkyl halides is 2. The predicted molar refractivity (Wildman–Crippen MR) is 104 cm³/mol. The molecule has 26 heavy (non-hydrogen) atoms. The highest BCUT2D eigenvalue weighted by Crippen LogP contribution is 2.20. The van der Waals surface area contributed by atoms with E-state index in [1.54, 1.807) is 25.1 Å². The average Bonchev–Trinajstić information content (AvgIpc) is 2.98. The highest BCUT2D eigenvalue weighted by atomic mass is 127. The number of halogens is 3. The molecule has 0 amide bonds. The maximum absolute atomic E-state index is 12.4. The molecule has 0 radical (unpaired) electrons. The Morgan fingerprint density at radius 1 is 1.31 bits per heavy atom. The fraction of sp³-hybridized carbons (Fsp3) is 0.438. The highest BCUT2D eigenvalue weighted by Gasteiger charge is 2.09. The molecule has 0 aliphatic rings. The van der Waals surface area contributed by atoms with Gasteiger partial charge in [0, 0.05) is 25.1 Å². The first-order valence-corrected chi connectivity index (χ1v) is 7.92. The van der Waals surface area contributed by atoms with Crippen LogP contribution in [0.2, 0.25) is 0 Å². The molecule has 10 heteroatoms. The van der Waals surface area contributed by atoms with E-state index in [1.807, 2.05) is 6.92 Å². The van der Waals surface area contributed by atoms with Crippen LogP contribution in [0, 0.1) is 6.92 Å². The van der Waals surface area contributed by atoms with Crippen LogP contribution in [0.25, 0.3) is 0 Å². The highest BCUT2D eigenvalue weighted by molar-refractivity contribution is 14.0. The fourth-order valence-corrected chi connectivity index (χ4v) is 2.08. The molecule has 2 N–H and O–H groups in total. The molecule has 0 atom stereocenters. The molecular formula is C16H22F2IN5O2. The standard InChI is InChI=1S/C16H21F2N5O2.HI/c1-3-19-16(20-9-8-14-22-11(2)23-25-14)21-10-12-6-4-5-7-13(12)24-15(17)18;/h4-7,15H,3,8-10H2,1-2H3,(H2,19,20,21);1H. The van der Waals surface area contributed by atoms with Crippen LogP contribution in [0.15, 0.2) is 33.8 Å². The number of rotatable bonds is 8. The number of guanidine groups is 1. The quantitative estimate of drug-likeness (QED) is 0.343. The normalized spacial score (nSPS) is 11.2. The Balaban J connectivity index is 0.00000338. The molecule has 2 rings (SSSR count). The molecule has 2 aromatic rings. The predicted octanol–water partition coefficient (Wildman–Crippen LogP) is 2.90. The zero-order chi connectivity index (χ0) is 18.1. The molecule has 0 saturated heterocycles. The van der Waals surface area contributed by atoms with Crippen molar-refractivity contribution in [2.75, 3.05) is 13.1 Å². The molecule has 0 bridgehead atoms. The van der Waals surface area contributed by atoms with E-state index >= 15 is 0 Å². The van der Waals surface area contributed by atoms with Crippen molar-refractivity contribution >= 4 is 29.9 Å². The molecule has 0 aliphatic carbocycles. The maximum atomic E-state index is 12.4. The first kappa shape index (κ1) is 22.1. The molecule has 0 spiro atoms. The van der Waals surface area contributed by atoms with E-state index in [2.05, 4.69) is 30.5 Å². The van der Waals surface area contributed by atoms with E-state index in [-0.39, 0.29) is 36.3 Å². The Morgan fingerprint density at radius 3 is 2.73 bits per heavy atom. The second kappa shape index (κ2) is 11.6. The summed E-state index contributed by atoms with van der Waals surface area (Å²) in [7, 11) is 0. The fourth-order valence-electron chi connectivity index (χ4n) is 2.08. The van der Waals surface area contributed by atoms with Crippen molar-refractivity contribution in [3.8, 4) is 5.75 Å². The summed E-state index contributed by atoms with van der Waals surface area (Å²) in [4.78, 5) is 8.51. The number of benzene rings is 1. The second-order valence-electron chi connectivity index (χ2n) is 5.09. The minimum atomic E-state index is -2.87. The van der Waals surface area contributed by atoms with Crippen molar-refractivity contribution in [3.63, 3.8) is 0 Å². The number of ether oxygens (including phenoxy) is 1. The van der Waals surface area contributed by atoms with Crippen molar-refractivity contribution in [3.05, 3.63) is 41.5 Å². The summed E-state index contributed by atoms with van der Waals surface area (Å²) in [5.41, 5.74) is 0.576. The summed E-state index contributed by atoms with van der Waals surface area (Å²) in [6.45, 7) is 2.24. The smallest absolute Gasteiger partial charge is 0.387 e. The minimum absolute atomic E-state index is 0. The Morgan fingerprint density at radius 2 is 2.08 bits per heavy atom. The van der Waals surface area contributed by atoms with Gasteiger partial charge in [0.1, 0.15) is 5.75 Å². The third-order valence-corrected chi connectivity index (χ3v) is 3.14. The van der Waals surface area contributed by atoms with Gasteiger partial charge in [-0.25, -0.2) is 4.99 Å². The number of hydrogen-bond donors (Lipinski definition) is 2. The molecular weight excluding hydrogens is 459 g/mol. The van der Waals surface area contributed by atoms with Gasteiger partial charge in [0.05, 0.1) is 6.54 Å². The third-order valence-electron chi connectivity index (χ3n) is 3.14. The summed E-state index contributed by atoms with van der Waals surface area (Å²) < 4.78 is 34.4. The molecule has 1 aromatic heterocycles. The first-order valence-electron chi connectivity index (χ1n) is 7.92. The number of nitrogens with zero attached hydrogens (tertiary/aromatic N) is 3. The number of aliphatic imine (C=N–C) groups is 1. The van der Waals surface area contributed by atoms with Gasteiger partial charge in [-0.2, -0.15) is 13.8 Å². The maximum Gasteiger partial charge on any atom is 0.387 e. The summed E-state index contributed by atoms with van der Waals surface area (Å²) in [5.74, 6) is 1.81. The summed E-state index contributed by atoms with van der Waals surface area (Å²) >= 11 is 0. The zero-order valence-electron chi connectivity index (χ0n) is 14.5. The molecule has 0 saturated carbocycles. The van der Waals surface area contributed by atoms with Crippen LogP contribution < -0.4 is 15.4 Å². The lowest BCUT2D eigenvalue weighted by Crippen LogP contribution is -2.38. The Labute approximate surface area is 167 Å². The van der Waals surface area contributed by atoms with Crippen LogP contribution in [-0.2, 0) is 13.0 Å². The van der Waals surface area contributed by atoms with Gasteiger partial charge in [0.15, 0.2) is 11.8 Å². The largest absolute Gasteiger partial charge is 0.434 e. The van der Waals surface area contributed by atoms with Crippen LogP contribution in [0.5, 0.6) is 5.75 Å². The minimum Gasteiger partial charge on any atom is -0.434 e. The topological polar surface area (TPSA) is 84.6 Å². The third kappa shape index (κ3) is 7.50. The van der Waals surface area contributed by atoms with E-state index in [4.69, 9.17) is 4.52 Å².